The zero-order valence-electron chi connectivity index (χ0n) is 15.5. The minimum atomic E-state index is 0.0524. The van der Waals surface area contributed by atoms with Gasteiger partial charge in [-0.25, -0.2) is 0 Å². The van der Waals surface area contributed by atoms with E-state index in [9.17, 15) is 4.79 Å². The zero-order valence-corrected chi connectivity index (χ0v) is 15.5. The second-order valence-electron chi connectivity index (χ2n) is 6.75. The van der Waals surface area contributed by atoms with Crippen LogP contribution in [0.5, 0.6) is 5.75 Å². The number of likely N-dealkylation sites (tertiary alicyclic amines) is 1. The third-order valence-corrected chi connectivity index (χ3v) is 4.90. The number of para-hydroxylation sites is 1. The number of carbonyl (C=O) groups is 1. The predicted octanol–water partition coefficient (Wildman–Crippen LogP) is 3.23. The van der Waals surface area contributed by atoms with Crippen molar-refractivity contribution in [3.8, 4) is 5.75 Å². The number of hydrogen-bond acceptors (Lipinski definition) is 5. The molecular formula is C20H27N3O3. The molecular weight excluding hydrogens is 330 g/mol. The van der Waals surface area contributed by atoms with Crippen molar-refractivity contribution in [2.75, 3.05) is 20.2 Å². The van der Waals surface area contributed by atoms with E-state index in [0.717, 1.165) is 48.7 Å². The lowest BCUT2D eigenvalue weighted by Crippen LogP contribution is -2.36. The molecule has 0 saturated carbocycles. The lowest BCUT2D eigenvalue weighted by atomic mass is 9.99. The molecule has 1 aromatic carbocycles. The number of nitrogens with one attached hydrogen (secondary N) is 1. The first kappa shape index (κ1) is 18.5. The quantitative estimate of drug-likeness (QED) is 0.824. The van der Waals surface area contributed by atoms with E-state index in [1.165, 1.54) is 6.42 Å². The summed E-state index contributed by atoms with van der Waals surface area (Å²) in [7, 11) is 1.64. The van der Waals surface area contributed by atoms with E-state index in [1.54, 1.807) is 7.11 Å². The molecule has 1 amide bonds. The fraction of sp³-hybridized carbons (Fsp3) is 0.500. The second-order valence-corrected chi connectivity index (χ2v) is 6.75. The highest BCUT2D eigenvalue weighted by Gasteiger charge is 2.26. The number of carbonyl (C=O) groups excluding carboxylic acids is 1. The third-order valence-electron chi connectivity index (χ3n) is 4.90. The molecule has 140 valence electrons. The molecule has 0 spiro atoms. The summed E-state index contributed by atoms with van der Waals surface area (Å²) in [5.41, 5.74) is 1.97. The first-order valence-corrected chi connectivity index (χ1v) is 9.23. The van der Waals surface area contributed by atoms with E-state index in [1.807, 2.05) is 37.3 Å². The molecule has 1 saturated heterocycles. The number of aryl methyl sites for hydroxylation is 1. The lowest BCUT2D eigenvalue weighted by Gasteiger charge is -2.34. The minimum Gasteiger partial charge on any atom is -0.496 e. The Morgan fingerprint density at radius 2 is 2.23 bits per heavy atom. The van der Waals surface area contributed by atoms with Gasteiger partial charge in [-0.1, -0.05) is 29.8 Å². The molecule has 1 aromatic heterocycles. The van der Waals surface area contributed by atoms with Crippen LogP contribution in [0.3, 0.4) is 0 Å². The molecule has 6 heteroatoms. The maximum Gasteiger partial charge on any atom is 0.221 e. The molecule has 2 aromatic rings. The summed E-state index contributed by atoms with van der Waals surface area (Å²) < 4.78 is 10.6. The molecule has 0 aliphatic carbocycles. The number of methoxy groups -OCH3 is 1. The summed E-state index contributed by atoms with van der Waals surface area (Å²) in [6.07, 6.45) is 3.89. The summed E-state index contributed by atoms with van der Waals surface area (Å²) >= 11 is 0. The topological polar surface area (TPSA) is 67.6 Å². The van der Waals surface area contributed by atoms with Crippen LogP contribution in [0, 0.1) is 6.92 Å². The summed E-state index contributed by atoms with van der Waals surface area (Å²) in [6.45, 7) is 4.12. The summed E-state index contributed by atoms with van der Waals surface area (Å²) in [6, 6.07) is 9.99. The Balaban J connectivity index is 1.51. The summed E-state index contributed by atoms with van der Waals surface area (Å²) in [4.78, 5) is 14.6. The lowest BCUT2D eigenvalue weighted by molar-refractivity contribution is -0.121. The van der Waals surface area contributed by atoms with Crippen molar-refractivity contribution in [3.63, 3.8) is 0 Å². The Hall–Kier alpha value is -2.34. The minimum absolute atomic E-state index is 0.0524. The highest BCUT2D eigenvalue weighted by atomic mass is 16.5. The van der Waals surface area contributed by atoms with Crippen LogP contribution in [0.25, 0.3) is 0 Å². The van der Waals surface area contributed by atoms with Gasteiger partial charge in [0.1, 0.15) is 17.2 Å². The van der Waals surface area contributed by atoms with Gasteiger partial charge in [-0.3, -0.25) is 9.69 Å². The van der Waals surface area contributed by atoms with Gasteiger partial charge in [0.15, 0.2) is 0 Å². The maximum atomic E-state index is 12.3. The Kier molecular flexibility index (Phi) is 6.28. The van der Waals surface area contributed by atoms with Crippen molar-refractivity contribution in [1.82, 2.24) is 15.4 Å². The van der Waals surface area contributed by atoms with Crippen molar-refractivity contribution in [1.29, 1.82) is 0 Å². The number of piperidine rings is 1. The molecule has 2 heterocycles. The maximum absolute atomic E-state index is 12.3. The Labute approximate surface area is 154 Å². The monoisotopic (exact) mass is 357 g/mol. The van der Waals surface area contributed by atoms with E-state index in [0.29, 0.717) is 13.0 Å². The second kappa shape index (κ2) is 8.85. The van der Waals surface area contributed by atoms with Crippen molar-refractivity contribution < 1.29 is 14.1 Å². The highest BCUT2D eigenvalue weighted by molar-refractivity contribution is 5.76. The smallest absolute Gasteiger partial charge is 0.221 e. The molecule has 1 atom stereocenters. The molecule has 1 fully saturated rings. The zero-order chi connectivity index (χ0) is 18.4. The van der Waals surface area contributed by atoms with Gasteiger partial charge in [0.05, 0.1) is 13.2 Å². The van der Waals surface area contributed by atoms with Gasteiger partial charge >= 0.3 is 0 Å². The standard InChI is InChI=1S/C20H27N3O3/c1-15-13-17(22-26-15)18-8-5-6-11-23(18)12-10-20(24)21-14-16-7-3-4-9-19(16)25-2/h3-4,7,9,13,18H,5-6,8,10-12,14H2,1-2H3,(H,21,24)/t18-/m0/s1. The Morgan fingerprint density at radius 1 is 1.38 bits per heavy atom. The van der Waals surface area contributed by atoms with Crippen LogP contribution < -0.4 is 10.1 Å². The third kappa shape index (κ3) is 4.64. The highest BCUT2D eigenvalue weighted by Crippen LogP contribution is 2.30. The number of aromatic nitrogens is 1. The molecule has 6 nitrogen and oxygen atoms in total. The molecule has 1 aliphatic heterocycles. The van der Waals surface area contributed by atoms with Crippen molar-refractivity contribution in [3.05, 3.63) is 47.3 Å². The van der Waals surface area contributed by atoms with Crippen LogP contribution in [0.1, 0.15) is 48.7 Å². The number of rotatable bonds is 7. The van der Waals surface area contributed by atoms with E-state index in [2.05, 4.69) is 15.4 Å². The fourth-order valence-corrected chi connectivity index (χ4v) is 3.51. The van der Waals surface area contributed by atoms with Gasteiger partial charge in [-0.05, 0) is 32.4 Å². The number of amides is 1. The van der Waals surface area contributed by atoms with Crippen LogP contribution in [0.4, 0.5) is 0 Å². The van der Waals surface area contributed by atoms with Crippen molar-refractivity contribution >= 4 is 5.91 Å². The van der Waals surface area contributed by atoms with Crippen LogP contribution >= 0.6 is 0 Å². The number of nitrogens with zero attached hydrogens (tertiary/aromatic N) is 2. The molecule has 26 heavy (non-hydrogen) atoms. The summed E-state index contributed by atoms with van der Waals surface area (Å²) in [5, 5.41) is 7.17. The molecule has 1 N–H and O–H groups in total. The van der Waals surface area contributed by atoms with Gasteiger partial charge in [0, 0.05) is 31.1 Å². The average Bonchev–Trinajstić information content (AvgIpc) is 3.11. The molecule has 0 unspecified atom stereocenters. The average molecular weight is 357 g/mol. The van der Waals surface area contributed by atoms with Crippen molar-refractivity contribution in [2.45, 2.75) is 45.2 Å². The molecule has 3 rings (SSSR count). The Morgan fingerprint density at radius 3 is 3.00 bits per heavy atom. The molecule has 0 radical (unpaired) electrons. The molecule has 0 bridgehead atoms. The van der Waals surface area contributed by atoms with Gasteiger partial charge in [0.2, 0.25) is 5.91 Å². The van der Waals surface area contributed by atoms with E-state index < -0.39 is 0 Å². The SMILES string of the molecule is COc1ccccc1CNC(=O)CCN1CCCC[C@H]1c1cc(C)on1. The first-order valence-electron chi connectivity index (χ1n) is 9.23. The van der Waals surface area contributed by atoms with E-state index >= 15 is 0 Å². The van der Waals surface area contributed by atoms with Crippen LogP contribution in [-0.2, 0) is 11.3 Å². The van der Waals surface area contributed by atoms with Crippen LogP contribution in [0.15, 0.2) is 34.9 Å². The van der Waals surface area contributed by atoms with Crippen molar-refractivity contribution in [2.24, 2.45) is 0 Å². The number of hydrogen-bond donors (Lipinski definition) is 1. The predicted molar refractivity (Wildman–Crippen MR) is 98.9 cm³/mol. The first-order chi connectivity index (χ1) is 12.7. The van der Waals surface area contributed by atoms with Gasteiger partial charge in [-0.15, -0.1) is 0 Å². The Bertz CT molecular complexity index is 729. The van der Waals surface area contributed by atoms with Gasteiger partial charge < -0.3 is 14.6 Å². The fourth-order valence-electron chi connectivity index (χ4n) is 3.51. The number of benzene rings is 1. The van der Waals surface area contributed by atoms with Gasteiger partial charge in [-0.2, -0.15) is 0 Å². The van der Waals surface area contributed by atoms with E-state index in [4.69, 9.17) is 9.26 Å². The normalized spacial score (nSPS) is 17.8. The largest absolute Gasteiger partial charge is 0.496 e. The molecule has 1 aliphatic rings. The van der Waals surface area contributed by atoms with E-state index in [-0.39, 0.29) is 11.9 Å². The summed E-state index contributed by atoms with van der Waals surface area (Å²) in [5.74, 6) is 1.68. The van der Waals surface area contributed by atoms with Crippen LogP contribution in [-0.4, -0.2) is 36.2 Å². The number of ether oxygens (including phenoxy) is 1. The van der Waals surface area contributed by atoms with Gasteiger partial charge in [0.25, 0.3) is 0 Å². The van der Waals surface area contributed by atoms with Crippen LogP contribution in [0.2, 0.25) is 0 Å².